The van der Waals surface area contributed by atoms with Crippen LogP contribution in [0, 0.1) is 18.3 Å². The number of pyridine rings is 1. The second-order valence-corrected chi connectivity index (χ2v) is 13.6. The zero-order valence-electron chi connectivity index (χ0n) is 23.3. The van der Waals surface area contributed by atoms with Crippen LogP contribution < -0.4 is 4.57 Å². The average Bonchev–Trinajstić information content (AvgIpc) is 3.51. The fourth-order valence-electron chi connectivity index (χ4n) is 9.24. The first kappa shape index (κ1) is 23.5. The van der Waals surface area contributed by atoms with E-state index < -0.39 is 0 Å². The highest BCUT2D eigenvalue weighted by atomic mass is 16.3. The number of para-hydroxylation sites is 1. The van der Waals surface area contributed by atoms with E-state index in [1.807, 2.05) is 0 Å². The normalized spacial score (nSPS) is 28.6. The van der Waals surface area contributed by atoms with Crippen LogP contribution in [0.1, 0.15) is 76.8 Å². The van der Waals surface area contributed by atoms with E-state index in [2.05, 4.69) is 106 Å². The molecule has 4 atom stereocenters. The summed E-state index contributed by atoms with van der Waals surface area (Å²) in [5.74, 6) is 1.30. The van der Waals surface area contributed by atoms with Gasteiger partial charge in [-0.2, -0.15) is 0 Å². The number of aryl methyl sites for hydroxylation is 2. The number of benzene rings is 2. The smallest absolute Gasteiger partial charge is 0.216 e. The first-order valence-electron chi connectivity index (χ1n) is 14.4. The van der Waals surface area contributed by atoms with Gasteiger partial charge in [0.25, 0.3) is 0 Å². The van der Waals surface area contributed by atoms with E-state index in [4.69, 9.17) is 4.42 Å². The van der Waals surface area contributed by atoms with Crippen molar-refractivity contribution in [3.63, 3.8) is 0 Å². The number of nitrogens with zero attached hydrogens (tertiary/aromatic N) is 2. The van der Waals surface area contributed by atoms with Gasteiger partial charge in [-0.05, 0) is 69.4 Å². The lowest BCUT2D eigenvalue weighted by Gasteiger charge is -2.52. The molecule has 0 spiro atoms. The van der Waals surface area contributed by atoms with Gasteiger partial charge in [-0.1, -0.05) is 50.6 Å². The molecule has 1 saturated carbocycles. The van der Waals surface area contributed by atoms with Crippen molar-refractivity contribution in [2.24, 2.45) is 18.4 Å². The predicted octanol–water partition coefficient (Wildman–Crippen LogP) is 7.92. The second-order valence-electron chi connectivity index (χ2n) is 13.6. The Bertz CT molecular complexity index is 1530. The zero-order chi connectivity index (χ0) is 25.7. The molecule has 2 aromatic carbocycles. The standard InChI is InChI=1S/C34H41N2O/c1-21-16-17-25-23-12-10-13-24(30(23)37-31(25)29(21)28-14-7-8-18-35(28)6)26-19-22-11-9-15-27(22)36-32(26)33(2,3)20-34(36,4)5/h7-8,10,12-14,16-18,22,26-27,32H,9,11,15,19-20H2,1-6H3/q+1. The van der Waals surface area contributed by atoms with Crippen LogP contribution in [0.15, 0.2) is 59.1 Å². The maximum Gasteiger partial charge on any atom is 0.216 e. The fourth-order valence-corrected chi connectivity index (χ4v) is 9.24. The molecule has 1 aliphatic carbocycles. The van der Waals surface area contributed by atoms with Gasteiger partial charge in [-0.3, -0.25) is 4.90 Å². The van der Waals surface area contributed by atoms with Crippen molar-refractivity contribution >= 4 is 21.9 Å². The second kappa shape index (κ2) is 7.93. The van der Waals surface area contributed by atoms with Crippen molar-refractivity contribution in [1.29, 1.82) is 0 Å². The van der Waals surface area contributed by atoms with E-state index in [9.17, 15) is 0 Å². The van der Waals surface area contributed by atoms with Crippen LogP contribution in [0.25, 0.3) is 33.2 Å². The van der Waals surface area contributed by atoms with Gasteiger partial charge in [0.1, 0.15) is 18.2 Å². The lowest BCUT2D eigenvalue weighted by atomic mass is 9.68. The zero-order valence-corrected chi connectivity index (χ0v) is 23.3. The summed E-state index contributed by atoms with van der Waals surface area (Å²) in [7, 11) is 2.13. The number of piperidine rings is 1. The van der Waals surface area contributed by atoms with E-state index in [1.54, 1.807) is 0 Å². The van der Waals surface area contributed by atoms with E-state index in [0.717, 1.165) is 23.1 Å². The molecule has 2 aromatic heterocycles. The Morgan fingerprint density at radius 3 is 2.54 bits per heavy atom. The monoisotopic (exact) mass is 493 g/mol. The third-order valence-electron chi connectivity index (χ3n) is 10.2. The van der Waals surface area contributed by atoms with Crippen molar-refractivity contribution in [3.05, 3.63) is 65.9 Å². The first-order valence-corrected chi connectivity index (χ1v) is 14.4. The largest absolute Gasteiger partial charge is 0.455 e. The Kier molecular flexibility index (Phi) is 5.03. The van der Waals surface area contributed by atoms with Gasteiger partial charge in [0, 0.05) is 52.0 Å². The van der Waals surface area contributed by atoms with Crippen LogP contribution in [0.3, 0.4) is 0 Å². The van der Waals surface area contributed by atoms with Crippen molar-refractivity contribution in [2.45, 2.75) is 90.3 Å². The molecule has 3 heteroatoms. The Hall–Kier alpha value is -2.65. The van der Waals surface area contributed by atoms with Gasteiger partial charge in [0.15, 0.2) is 6.20 Å². The summed E-state index contributed by atoms with van der Waals surface area (Å²) >= 11 is 0. The van der Waals surface area contributed by atoms with Crippen LogP contribution in [-0.4, -0.2) is 22.5 Å². The Morgan fingerprint density at radius 1 is 0.919 bits per heavy atom. The summed E-state index contributed by atoms with van der Waals surface area (Å²) in [6.07, 6.45) is 8.81. The number of aromatic nitrogens is 1. The SMILES string of the molecule is Cc1ccc2c(oc3c(C4CC5CCCC5N5C4C(C)(C)CC5(C)C)cccc32)c1-c1cccc[n+]1C. The van der Waals surface area contributed by atoms with E-state index in [0.29, 0.717) is 12.0 Å². The highest BCUT2D eigenvalue weighted by molar-refractivity contribution is 6.10. The van der Waals surface area contributed by atoms with Gasteiger partial charge in [0.05, 0.1) is 5.56 Å². The Morgan fingerprint density at radius 2 is 1.73 bits per heavy atom. The van der Waals surface area contributed by atoms with Crippen LogP contribution >= 0.6 is 0 Å². The van der Waals surface area contributed by atoms with Crippen molar-refractivity contribution in [2.75, 3.05) is 0 Å². The van der Waals surface area contributed by atoms with Gasteiger partial charge in [-0.25, -0.2) is 4.57 Å². The molecule has 37 heavy (non-hydrogen) atoms. The third kappa shape index (κ3) is 3.32. The van der Waals surface area contributed by atoms with Crippen LogP contribution in [0.4, 0.5) is 0 Å². The summed E-state index contributed by atoms with van der Waals surface area (Å²) in [5, 5.41) is 2.50. The molecule has 0 bridgehead atoms. The summed E-state index contributed by atoms with van der Waals surface area (Å²) in [5.41, 5.74) is 7.76. The summed E-state index contributed by atoms with van der Waals surface area (Å²) in [6.45, 7) is 12.3. The van der Waals surface area contributed by atoms with Gasteiger partial charge >= 0.3 is 0 Å². The third-order valence-corrected chi connectivity index (χ3v) is 10.2. The van der Waals surface area contributed by atoms with Crippen LogP contribution in [0.5, 0.6) is 0 Å². The molecule has 4 aromatic rings. The molecular formula is C34H41N2O+. The first-order chi connectivity index (χ1) is 17.7. The molecule has 3 fully saturated rings. The molecule has 192 valence electrons. The number of hydrogen-bond acceptors (Lipinski definition) is 2. The highest BCUT2D eigenvalue weighted by Gasteiger charge is 2.60. The maximum atomic E-state index is 7.01. The van der Waals surface area contributed by atoms with Crippen LogP contribution in [0.2, 0.25) is 0 Å². The lowest BCUT2D eigenvalue weighted by molar-refractivity contribution is -0.660. The molecule has 7 rings (SSSR count). The molecule has 0 amide bonds. The van der Waals surface area contributed by atoms with Crippen molar-refractivity contribution < 1.29 is 8.98 Å². The highest BCUT2D eigenvalue weighted by Crippen LogP contribution is 2.60. The van der Waals surface area contributed by atoms with E-state index in [-0.39, 0.29) is 11.0 Å². The average molecular weight is 494 g/mol. The number of furan rings is 1. The molecule has 3 nitrogen and oxygen atoms in total. The lowest BCUT2D eigenvalue weighted by Crippen LogP contribution is -2.57. The Labute approximate surface area is 221 Å². The fraction of sp³-hybridized carbons (Fsp3) is 0.500. The maximum absolute atomic E-state index is 7.01. The number of rotatable bonds is 2. The topological polar surface area (TPSA) is 20.3 Å². The molecule has 4 heterocycles. The summed E-state index contributed by atoms with van der Waals surface area (Å²) < 4.78 is 9.21. The van der Waals surface area contributed by atoms with Crippen LogP contribution in [-0.2, 0) is 7.05 Å². The molecule has 0 N–H and O–H groups in total. The minimum Gasteiger partial charge on any atom is -0.455 e. The predicted molar refractivity (Wildman–Crippen MR) is 152 cm³/mol. The van der Waals surface area contributed by atoms with E-state index >= 15 is 0 Å². The molecular weight excluding hydrogens is 452 g/mol. The van der Waals surface area contributed by atoms with Gasteiger partial charge in [0.2, 0.25) is 5.69 Å². The molecule has 2 saturated heterocycles. The molecule has 4 unspecified atom stereocenters. The van der Waals surface area contributed by atoms with Crippen molar-refractivity contribution in [1.82, 2.24) is 4.90 Å². The number of hydrogen-bond donors (Lipinski definition) is 0. The quantitative estimate of drug-likeness (QED) is 0.264. The van der Waals surface area contributed by atoms with Crippen molar-refractivity contribution in [3.8, 4) is 11.3 Å². The van der Waals surface area contributed by atoms with E-state index in [1.165, 1.54) is 65.3 Å². The van der Waals surface area contributed by atoms with Gasteiger partial charge in [-0.15, -0.1) is 0 Å². The minimum absolute atomic E-state index is 0.244. The molecule has 3 aliphatic rings. The van der Waals surface area contributed by atoms with Gasteiger partial charge < -0.3 is 4.42 Å². The molecule has 0 radical (unpaired) electrons. The summed E-state index contributed by atoms with van der Waals surface area (Å²) in [4.78, 5) is 2.99. The Balaban J connectivity index is 1.46. The number of fused-ring (bicyclic) bond motifs is 6. The minimum atomic E-state index is 0.244. The summed E-state index contributed by atoms with van der Waals surface area (Å²) in [6, 6.07) is 19.2. The molecule has 2 aliphatic heterocycles.